The second-order valence-electron chi connectivity index (χ2n) is 4.04. The maximum atomic E-state index is 11.2. The molecule has 0 aliphatic carbocycles. The average Bonchev–Trinajstić information content (AvgIpc) is 2.63. The first kappa shape index (κ1) is 12.0. The number of primary amides is 1. The van der Waals surface area contributed by atoms with Gasteiger partial charge in [-0.2, -0.15) is 0 Å². The summed E-state index contributed by atoms with van der Waals surface area (Å²) in [4.78, 5) is 21.7. The van der Waals surface area contributed by atoms with Crippen molar-refractivity contribution in [1.82, 2.24) is 5.32 Å². The van der Waals surface area contributed by atoms with E-state index in [9.17, 15) is 9.59 Å². The van der Waals surface area contributed by atoms with Crippen LogP contribution >= 0.6 is 0 Å². The minimum atomic E-state index is -0.564. The first-order valence-corrected chi connectivity index (χ1v) is 5.55. The van der Waals surface area contributed by atoms with Crippen LogP contribution in [0.1, 0.15) is 5.56 Å². The Morgan fingerprint density at radius 1 is 1.39 bits per heavy atom. The predicted octanol–water partition coefficient (Wildman–Crippen LogP) is -0.156. The van der Waals surface area contributed by atoms with Crippen molar-refractivity contribution in [2.75, 3.05) is 29.5 Å². The van der Waals surface area contributed by atoms with E-state index in [0.29, 0.717) is 25.2 Å². The SMILES string of the molecule is NC(=O)NCCNc1cc2c(cc1N)CC(=O)N2. The smallest absolute Gasteiger partial charge is 0.312 e. The highest BCUT2D eigenvalue weighted by Gasteiger charge is 2.19. The third-order valence-electron chi connectivity index (χ3n) is 2.64. The molecule has 0 radical (unpaired) electrons. The number of urea groups is 1. The molecule has 2 rings (SSSR count). The molecule has 96 valence electrons. The highest BCUT2D eigenvalue weighted by atomic mass is 16.2. The molecule has 0 fully saturated rings. The van der Waals surface area contributed by atoms with Gasteiger partial charge in [-0.05, 0) is 17.7 Å². The van der Waals surface area contributed by atoms with Gasteiger partial charge in [0.25, 0.3) is 0 Å². The van der Waals surface area contributed by atoms with Crippen LogP contribution < -0.4 is 27.4 Å². The molecule has 0 saturated carbocycles. The fourth-order valence-corrected chi connectivity index (χ4v) is 1.83. The van der Waals surface area contributed by atoms with Crippen LogP contribution in [0.3, 0.4) is 0 Å². The van der Waals surface area contributed by atoms with Crippen molar-refractivity contribution in [2.45, 2.75) is 6.42 Å². The Balaban J connectivity index is 1.99. The van der Waals surface area contributed by atoms with Crippen LogP contribution in [-0.4, -0.2) is 25.0 Å². The lowest BCUT2D eigenvalue weighted by Gasteiger charge is -2.11. The van der Waals surface area contributed by atoms with Crippen molar-refractivity contribution in [2.24, 2.45) is 5.73 Å². The molecule has 0 spiro atoms. The number of nitrogens with one attached hydrogen (secondary N) is 3. The zero-order valence-electron chi connectivity index (χ0n) is 9.75. The number of benzene rings is 1. The number of fused-ring (bicyclic) bond motifs is 1. The van der Waals surface area contributed by atoms with Gasteiger partial charge in [0.15, 0.2) is 0 Å². The Morgan fingerprint density at radius 2 is 2.17 bits per heavy atom. The van der Waals surface area contributed by atoms with Crippen LogP contribution in [0.15, 0.2) is 12.1 Å². The first-order chi connectivity index (χ1) is 8.56. The number of carbonyl (C=O) groups excluding carboxylic acids is 2. The van der Waals surface area contributed by atoms with Crippen molar-refractivity contribution in [3.05, 3.63) is 17.7 Å². The van der Waals surface area contributed by atoms with Gasteiger partial charge in [0.2, 0.25) is 5.91 Å². The zero-order valence-corrected chi connectivity index (χ0v) is 9.75. The average molecular weight is 249 g/mol. The van der Waals surface area contributed by atoms with Crippen molar-refractivity contribution < 1.29 is 9.59 Å². The van der Waals surface area contributed by atoms with E-state index < -0.39 is 6.03 Å². The molecule has 1 aliphatic heterocycles. The van der Waals surface area contributed by atoms with Crippen LogP contribution in [-0.2, 0) is 11.2 Å². The van der Waals surface area contributed by atoms with Crippen LogP contribution in [0.5, 0.6) is 0 Å². The van der Waals surface area contributed by atoms with Crippen LogP contribution in [0.2, 0.25) is 0 Å². The molecule has 0 unspecified atom stereocenters. The van der Waals surface area contributed by atoms with E-state index in [-0.39, 0.29) is 5.91 Å². The van der Waals surface area contributed by atoms with Gasteiger partial charge in [0.1, 0.15) is 0 Å². The van der Waals surface area contributed by atoms with E-state index in [4.69, 9.17) is 11.5 Å². The summed E-state index contributed by atoms with van der Waals surface area (Å²) >= 11 is 0. The number of hydrogen-bond donors (Lipinski definition) is 5. The molecular formula is C11H15N5O2. The lowest BCUT2D eigenvalue weighted by molar-refractivity contribution is -0.115. The monoisotopic (exact) mass is 249 g/mol. The Hall–Kier alpha value is -2.44. The van der Waals surface area contributed by atoms with Crippen molar-refractivity contribution >= 4 is 29.0 Å². The summed E-state index contributed by atoms with van der Waals surface area (Å²) in [5.41, 5.74) is 13.8. The molecule has 1 aromatic carbocycles. The molecule has 7 N–H and O–H groups in total. The standard InChI is InChI=1S/C11H15N5O2/c12-7-3-6-4-10(17)16-8(6)5-9(7)14-1-2-15-11(13)18/h3,5,14H,1-2,4,12H2,(H,16,17)(H3,13,15,18). The van der Waals surface area contributed by atoms with Gasteiger partial charge in [0.05, 0.1) is 17.8 Å². The Labute approximate surface area is 104 Å². The van der Waals surface area contributed by atoms with Gasteiger partial charge in [-0.3, -0.25) is 4.79 Å². The van der Waals surface area contributed by atoms with E-state index in [2.05, 4.69) is 16.0 Å². The third-order valence-corrected chi connectivity index (χ3v) is 2.64. The molecule has 0 bridgehead atoms. The molecule has 0 aromatic heterocycles. The van der Waals surface area contributed by atoms with Crippen LogP contribution in [0, 0.1) is 0 Å². The predicted molar refractivity (Wildman–Crippen MR) is 69.3 cm³/mol. The minimum absolute atomic E-state index is 0.0306. The number of rotatable bonds is 4. The number of nitrogens with two attached hydrogens (primary N) is 2. The van der Waals surface area contributed by atoms with E-state index in [0.717, 1.165) is 16.9 Å². The molecule has 0 saturated heterocycles. The molecule has 3 amide bonds. The quantitative estimate of drug-likeness (QED) is 0.376. The van der Waals surface area contributed by atoms with Crippen LogP contribution in [0.4, 0.5) is 21.9 Å². The van der Waals surface area contributed by atoms with E-state index in [1.54, 1.807) is 12.1 Å². The summed E-state index contributed by atoms with van der Waals surface area (Å²) in [7, 11) is 0. The summed E-state index contributed by atoms with van der Waals surface area (Å²) < 4.78 is 0. The van der Waals surface area contributed by atoms with Gasteiger partial charge in [-0.15, -0.1) is 0 Å². The molecule has 7 nitrogen and oxygen atoms in total. The highest BCUT2D eigenvalue weighted by Crippen LogP contribution is 2.31. The summed E-state index contributed by atoms with van der Waals surface area (Å²) in [5, 5.41) is 8.28. The molecule has 7 heteroatoms. The van der Waals surface area contributed by atoms with Gasteiger partial charge in [-0.1, -0.05) is 0 Å². The van der Waals surface area contributed by atoms with Gasteiger partial charge < -0.3 is 27.4 Å². The van der Waals surface area contributed by atoms with Crippen molar-refractivity contribution in [3.8, 4) is 0 Å². The van der Waals surface area contributed by atoms with Gasteiger partial charge in [-0.25, -0.2) is 4.79 Å². The number of anilines is 3. The fourth-order valence-electron chi connectivity index (χ4n) is 1.83. The lowest BCUT2D eigenvalue weighted by atomic mass is 10.1. The van der Waals surface area contributed by atoms with E-state index in [1.165, 1.54) is 0 Å². The minimum Gasteiger partial charge on any atom is -0.397 e. The lowest BCUT2D eigenvalue weighted by Crippen LogP contribution is -2.33. The second kappa shape index (κ2) is 4.82. The van der Waals surface area contributed by atoms with Crippen molar-refractivity contribution in [3.63, 3.8) is 0 Å². The Morgan fingerprint density at radius 3 is 2.89 bits per heavy atom. The topological polar surface area (TPSA) is 122 Å². The van der Waals surface area contributed by atoms with Gasteiger partial charge in [0, 0.05) is 18.8 Å². The highest BCUT2D eigenvalue weighted by molar-refractivity contribution is 6.00. The molecule has 1 aliphatic rings. The largest absolute Gasteiger partial charge is 0.397 e. The molecule has 18 heavy (non-hydrogen) atoms. The summed E-state index contributed by atoms with van der Waals surface area (Å²) in [5.74, 6) is -0.0306. The summed E-state index contributed by atoms with van der Waals surface area (Å²) in [6.07, 6.45) is 0.364. The maximum absolute atomic E-state index is 11.2. The molecule has 1 aromatic rings. The second-order valence-corrected chi connectivity index (χ2v) is 4.04. The number of hydrogen-bond acceptors (Lipinski definition) is 4. The molecule has 0 atom stereocenters. The number of amides is 3. The van der Waals surface area contributed by atoms with Gasteiger partial charge >= 0.3 is 6.03 Å². The number of nitrogen functional groups attached to an aromatic ring is 1. The fraction of sp³-hybridized carbons (Fsp3) is 0.273. The molecule has 1 heterocycles. The maximum Gasteiger partial charge on any atom is 0.312 e. The Bertz CT molecular complexity index is 500. The summed E-state index contributed by atoms with van der Waals surface area (Å²) in [6.45, 7) is 0.901. The van der Waals surface area contributed by atoms with E-state index >= 15 is 0 Å². The first-order valence-electron chi connectivity index (χ1n) is 5.55. The third kappa shape index (κ3) is 2.62. The van der Waals surface area contributed by atoms with Crippen molar-refractivity contribution in [1.29, 1.82) is 0 Å². The van der Waals surface area contributed by atoms with Crippen LogP contribution in [0.25, 0.3) is 0 Å². The normalized spacial score (nSPS) is 12.8. The van der Waals surface area contributed by atoms with E-state index in [1.807, 2.05) is 0 Å². The summed E-state index contributed by atoms with van der Waals surface area (Å²) in [6, 6.07) is 3.00. The number of carbonyl (C=O) groups is 2. The molecular weight excluding hydrogens is 234 g/mol. The Kier molecular flexibility index (Phi) is 3.22. The zero-order chi connectivity index (χ0) is 13.1.